The van der Waals surface area contributed by atoms with Crippen molar-refractivity contribution in [2.45, 2.75) is 20.4 Å². The number of carbonyl (C=O) groups is 1. The molecule has 0 aromatic carbocycles. The zero-order chi connectivity index (χ0) is 14.7. The molecule has 2 heterocycles. The highest BCUT2D eigenvalue weighted by Gasteiger charge is 2.11. The van der Waals surface area contributed by atoms with Gasteiger partial charge in [-0.3, -0.25) is 9.67 Å². The third-order valence-corrected chi connectivity index (χ3v) is 3.13. The summed E-state index contributed by atoms with van der Waals surface area (Å²) in [6.45, 7) is 4.54. The predicted molar refractivity (Wildman–Crippen MR) is 73.4 cm³/mol. The number of aryl methyl sites for hydroxylation is 2. The molecular weight excluding hydrogens is 258 g/mol. The van der Waals surface area contributed by atoms with Crippen LogP contribution in [0.5, 0.6) is 0 Å². The van der Waals surface area contributed by atoms with E-state index in [1.165, 1.54) is 13.3 Å². The number of ether oxygens (including phenoxy) is 1. The molecule has 0 amide bonds. The van der Waals surface area contributed by atoms with Gasteiger partial charge in [0.25, 0.3) is 0 Å². The molecule has 2 aromatic heterocycles. The van der Waals surface area contributed by atoms with E-state index < -0.39 is 5.97 Å². The van der Waals surface area contributed by atoms with Crippen LogP contribution in [0.15, 0.2) is 12.4 Å². The van der Waals surface area contributed by atoms with Crippen molar-refractivity contribution in [1.29, 1.82) is 0 Å². The lowest BCUT2D eigenvalue weighted by atomic mass is 10.2. The highest BCUT2D eigenvalue weighted by Crippen LogP contribution is 2.13. The van der Waals surface area contributed by atoms with Gasteiger partial charge in [0.2, 0.25) is 0 Å². The third kappa shape index (κ3) is 2.76. The molecule has 0 aliphatic carbocycles. The van der Waals surface area contributed by atoms with Crippen LogP contribution in [0.3, 0.4) is 0 Å². The monoisotopic (exact) mass is 275 g/mol. The Morgan fingerprint density at radius 1 is 1.40 bits per heavy atom. The molecule has 0 saturated carbocycles. The summed E-state index contributed by atoms with van der Waals surface area (Å²) in [6, 6.07) is 0. The van der Waals surface area contributed by atoms with Gasteiger partial charge < -0.3 is 10.1 Å². The van der Waals surface area contributed by atoms with Gasteiger partial charge in [-0.1, -0.05) is 0 Å². The summed E-state index contributed by atoms with van der Waals surface area (Å²) in [5, 5.41) is 7.49. The predicted octanol–water partition coefficient (Wildman–Crippen LogP) is 1.23. The molecule has 20 heavy (non-hydrogen) atoms. The third-order valence-electron chi connectivity index (χ3n) is 3.13. The van der Waals surface area contributed by atoms with Crippen molar-refractivity contribution in [1.82, 2.24) is 19.7 Å². The van der Waals surface area contributed by atoms with Gasteiger partial charge in [-0.2, -0.15) is 5.10 Å². The fourth-order valence-corrected chi connectivity index (χ4v) is 1.91. The van der Waals surface area contributed by atoms with Crippen LogP contribution in [0.2, 0.25) is 0 Å². The molecule has 0 unspecified atom stereocenters. The Morgan fingerprint density at radius 3 is 2.75 bits per heavy atom. The lowest BCUT2D eigenvalue weighted by Crippen LogP contribution is -2.09. The minimum Gasteiger partial charge on any atom is -0.464 e. The Kier molecular flexibility index (Phi) is 3.97. The van der Waals surface area contributed by atoms with Crippen LogP contribution < -0.4 is 5.32 Å². The molecule has 0 atom stereocenters. The minimum absolute atomic E-state index is 0.178. The largest absolute Gasteiger partial charge is 0.464 e. The molecule has 0 aliphatic rings. The summed E-state index contributed by atoms with van der Waals surface area (Å²) in [5.74, 6) is 0.0189. The molecular formula is C13H17N5O2. The normalized spacial score (nSPS) is 10.4. The van der Waals surface area contributed by atoms with E-state index >= 15 is 0 Å². The van der Waals surface area contributed by atoms with Gasteiger partial charge in [-0.05, 0) is 13.8 Å². The lowest BCUT2D eigenvalue weighted by molar-refractivity contribution is 0.0593. The molecule has 7 nitrogen and oxygen atoms in total. The van der Waals surface area contributed by atoms with Gasteiger partial charge in [0.05, 0.1) is 25.2 Å². The molecule has 106 valence electrons. The summed E-state index contributed by atoms with van der Waals surface area (Å²) in [7, 11) is 3.22. The number of hydrogen-bond donors (Lipinski definition) is 1. The molecule has 0 fully saturated rings. The molecule has 0 bridgehead atoms. The van der Waals surface area contributed by atoms with E-state index in [2.05, 4.69) is 25.1 Å². The molecule has 0 saturated heterocycles. The topological polar surface area (TPSA) is 81.9 Å². The highest BCUT2D eigenvalue weighted by molar-refractivity contribution is 5.87. The van der Waals surface area contributed by atoms with Gasteiger partial charge in [0, 0.05) is 24.8 Å². The summed E-state index contributed by atoms with van der Waals surface area (Å²) in [6.07, 6.45) is 2.94. The molecule has 2 rings (SSSR count). The number of carbonyl (C=O) groups excluding carboxylic acids is 1. The fraction of sp³-hybridized carbons (Fsp3) is 0.385. The average molecular weight is 275 g/mol. The van der Waals surface area contributed by atoms with Gasteiger partial charge in [-0.25, -0.2) is 9.78 Å². The fourth-order valence-electron chi connectivity index (χ4n) is 1.91. The maximum Gasteiger partial charge on any atom is 0.358 e. The van der Waals surface area contributed by atoms with E-state index in [0.29, 0.717) is 12.4 Å². The van der Waals surface area contributed by atoms with Crippen molar-refractivity contribution in [3.63, 3.8) is 0 Å². The molecule has 0 radical (unpaired) electrons. The maximum atomic E-state index is 11.4. The zero-order valence-electron chi connectivity index (χ0n) is 12.0. The summed E-state index contributed by atoms with van der Waals surface area (Å²) in [5.41, 5.74) is 3.34. The van der Waals surface area contributed by atoms with Crippen molar-refractivity contribution in [3.05, 3.63) is 35.0 Å². The van der Waals surface area contributed by atoms with E-state index in [1.54, 1.807) is 6.20 Å². The molecule has 1 N–H and O–H groups in total. The Balaban J connectivity index is 2.13. The van der Waals surface area contributed by atoms with Crippen molar-refractivity contribution in [2.24, 2.45) is 7.05 Å². The first-order valence-corrected chi connectivity index (χ1v) is 6.16. The first-order chi connectivity index (χ1) is 9.52. The van der Waals surface area contributed by atoms with E-state index in [4.69, 9.17) is 0 Å². The Hall–Kier alpha value is -2.44. The number of rotatable bonds is 4. The number of esters is 1. The lowest BCUT2D eigenvalue weighted by Gasteiger charge is -2.07. The molecule has 2 aromatic rings. The number of methoxy groups -OCH3 is 1. The van der Waals surface area contributed by atoms with Crippen molar-refractivity contribution >= 4 is 11.8 Å². The number of nitrogens with zero attached hydrogens (tertiary/aromatic N) is 4. The Morgan fingerprint density at radius 2 is 2.15 bits per heavy atom. The van der Waals surface area contributed by atoms with Gasteiger partial charge >= 0.3 is 5.97 Å². The van der Waals surface area contributed by atoms with Crippen LogP contribution in [-0.4, -0.2) is 32.8 Å². The van der Waals surface area contributed by atoms with Gasteiger partial charge in [-0.15, -0.1) is 0 Å². The van der Waals surface area contributed by atoms with Crippen LogP contribution >= 0.6 is 0 Å². The average Bonchev–Trinajstić information content (AvgIpc) is 2.69. The van der Waals surface area contributed by atoms with E-state index in [-0.39, 0.29) is 5.69 Å². The SMILES string of the molecule is COC(=O)c1cncc(NCc2c(C)nn(C)c2C)n1. The van der Waals surface area contributed by atoms with Gasteiger partial charge in [0.1, 0.15) is 5.82 Å². The molecule has 7 heteroatoms. The summed E-state index contributed by atoms with van der Waals surface area (Å²) < 4.78 is 6.45. The standard InChI is InChI=1S/C13H17N5O2/c1-8-10(9(2)18(3)17-8)5-15-12-7-14-6-11(16-12)13(19)20-4/h6-7H,5H2,1-4H3,(H,15,16). The Labute approximate surface area is 117 Å². The molecule has 0 aliphatic heterocycles. The van der Waals surface area contributed by atoms with Crippen molar-refractivity contribution < 1.29 is 9.53 Å². The van der Waals surface area contributed by atoms with Gasteiger partial charge in [0.15, 0.2) is 5.69 Å². The number of hydrogen-bond acceptors (Lipinski definition) is 6. The zero-order valence-corrected chi connectivity index (χ0v) is 12.0. The first kappa shape index (κ1) is 14.0. The van der Waals surface area contributed by atoms with Crippen LogP contribution in [0, 0.1) is 13.8 Å². The van der Waals surface area contributed by atoms with Crippen molar-refractivity contribution in [3.8, 4) is 0 Å². The molecule has 0 spiro atoms. The number of anilines is 1. The number of aromatic nitrogens is 4. The van der Waals surface area contributed by atoms with Crippen LogP contribution in [0.4, 0.5) is 5.82 Å². The van der Waals surface area contributed by atoms with E-state index in [0.717, 1.165) is 17.0 Å². The smallest absolute Gasteiger partial charge is 0.358 e. The van der Waals surface area contributed by atoms with Crippen molar-refractivity contribution in [2.75, 3.05) is 12.4 Å². The number of nitrogens with one attached hydrogen (secondary N) is 1. The minimum atomic E-state index is -0.505. The van der Waals surface area contributed by atoms with Crippen LogP contribution in [0.1, 0.15) is 27.4 Å². The first-order valence-electron chi connectivity index (χ1n) is 6.16. The van der Waals surface area contributed by atoms with E-state index in [1.807, 2.05) is 25.6 Å². The van der Waals surface area contributed by atoms with Crippen LogP contribution in [0.25, 0.3) is 0 Å². The second-order valence-corrected chi connectivity index (χ2v) is 4.41. The quantitative estimate of drug-likeness (QED) is 0.845. The second-order valence-electron chi connectivity index (χ2n) is 4.41. The van der Waals surface area contributed by atoms with Crippen LogP contribution in [-0.2, 0) is 18.3 Å². The summed E-state index contributed by atoms with van der Waals surface area (Å²) >= 11 is 0. The van der Waals surface area contributed by atoms with E-state index in [9.17, 15) is 4.79 Å². The maximum absolute atomic E-state index is 11.4. The summed E-state index contributed by atoms with van der Waals surface area (Å²) in [4.78, 5) is 19.5. The highest BCUT2D eigenvalue weighted by atomic mass is 16.5. The second kappa shape index (κ2) is 5.68. The Bertz CT molecular complexity index is 636.